The minimum Gasteiger partial charge on any atom is -0.497 e. The first-order valence-corrected chi connectivity index (χ1v) is 15.9. The second-order valence-corrected chi connectivity index (χ2v) is 12.2. The smallest absolute Gasteiger partial charge is 0.336 e. The highest BCUT2D eigenvalue weighted by Crippen LogP contribution is 2.41. The number of carboxylic acid groups (broad SMARTS) is 3. The zero-order valence-corrected chi connectivity index (χ0v) is 26.7. The molecule has 0 atom stereocenters. The minimum absolute atomic E-state index is 0.0233. The van der Waals surface area contributed by atoms with Gasteiger partial charge in [-0.25, -0.2) is 4.79 Å². The molecule has 0 bridgehead atoms. The van der Waals surface area contributed by atoms with Crippen LogP contribution in [0.15, 0.2) is 72.8 Å². The molecule has 0 radical (unpaired) electrons. The Labute approximate surface area is 275 Å². The number of rotatable bonds is 13. The molecule has 1 fully saturated rings. The standard InChI is InChI=1S/C29H29NO3S.C6H8O7/c1-32-24-14-15-25-26(20-24)34-29(22-8-4-2-5-9-22)27(25)28(31)21-10-12-23(13-11-21)33-19-18-30-16-6-3-7-17-30;7-3(8)1-6(13,5(11)12)2-4(9)10/h2,4-5,8-15,20H,3,6-7,16-19H2,1H3;13H,1-2H2,(H,7,8)(H,9,10)(H,11,12). The average Bonchev–Trinajstić information content (AvgIpc) is 3.44. The molecular weight excluding hydrogens is 626 g/mol. The zero-order chi connectivity index (χ0) is 34.0. The summed E-state index contributed by atoms with van der Waals surface area (Å²) in [5.74, 6) is -3.40. The maximum Gasteiger partial charge on any atom is 0.336 e. The van der Waals surface area contributed by atoms with Crippen molar-refractivity contribution < 1.29 is 49.1 Å². The third-order valence-electron chi connectivity index (χ3n) is 7.69. The molecule has 0 spiro atoms. The number of ketones is 1. The first kappa shape index (κ1) is 35.1. The number of carbonyl (C=O) groups excluding carboxylic acids is 1. The summed E-state index contributed by atoms with van der Waals surface area (Å²) in [5.41, 5.74) is -0.287. The fourth-order valence-electron chi connectivity index (χ4n) is 5.26. The van der Waals surface area contributed by atoms with Crippen LogP contribution in [-0.4, -0.2) is 88.0 Å². The van der Waals surface area contributed by atoms with E-state index in [0.29, 0.717) is 12.2 Å². The lowest BCUT2D eigenvalue weighted by molar-refractivity contribution is -0.170. The second-order valence-electron chi connectivity index (χ2n) is 11.1. The van der Waals surface area contributed by atoms with E-state index in [-0.39, 0.29) is 5.78 Å². The van der Waals surface area contributed by atoms with Gasteiger partial charge < -0.3 is 29.9 Å². The van der Waals surface area contributed by atoms with Crippen LogP contribution < -0.4 is 9.47 Å². The molecule has 47 heavy (non-hydrogen) atoms. The summed E-state index contributed by atoms with van der Waals surface area (Å²) in [6.45, 7) is 3.95. The molecular formula is C35H37NO10S. The number of thiophene rings is 1. The maximum absolute atomic E-state index is 13.7. The van der Waals surface area contributed by atoms with Gasteiger partial charge in [-0.15, -0.1) is 11.3 Å². The SMILES string of the molecule is COc1ccc2c(C(=O)c3ccc(OCCN4CCCCC4)cc3)c(-c3ccccc3)sc2c1.O=C(O)CC(O)(CC(=O)O)C(=O)O. The number of ether oxygens (including phenoxy) is 2. The van der Waals surface area contributed by atoms with Crippen LogP contribution >= 0.6 is 11.3 Å². The number of aliphatic hydroxyl groups is 1. The molecule has 1 aliphatic rings. The van der Waals surface area contributed by atoms with Crippen LogP contribution in [0.3, 0.4) is 0 Å². The monoisotopic (exact) mass is 663 g/mol. The second kappa shape index (κ2) is 16.2. The van der Waals surface area contributed by atoms with Gasteiger partial charge in [0, 0.05) is 32.6 Å². The van der Waals surface area contributed by atoms with Crippen LogP contribution in [0.25, 0.3) is 20.5 Å². The van der Waals surface area contributed by atoms with Gasteiger partial charge in [0.15, 0.2) is 11.4 Å². The van der Waals surface area contributed by atoms with Crippen molar-refractivity contribution in [2.75, 3.05) is 33.4 Å². The number of aliphatic carboxylic acids is 3. The molecule has 4 N–H and O–H groups in total. The molecule has 0 saturated carbocycles. The Balaban J connectivity index is 0.000000328. The number of likely N-dealkylation sites (tertiary alicyclic amines) is 1. The summed E-state index contributed by atoms with van der Waals surface area (Å²) < 4.78 is 12.4. The molecule has 1 aromatic heterocycles. The van der Waals surface area contributed by atoms with Crippen LogP contribution in [0.4, 0.5) is 0 Å². The van der Waals surface area contributed by atoms with Gasteiger partial charge in [0.2, 0.25) is 0 Å². The van der Waals surface area contributed by atoms with Crippen molar-refractivity contribution in [1.29, 1.82) is 0 Å². The van der Waals surface area contributed by atoms with Gasteiger partial charge >= 0.3 is 17.9 Å². The molecule has 11 nitrogen and oxygen atoms in total. The molecule has 5 rings (SSSR count). The molecule has 0 amide bonds. The van der Waals surface area contributed by atoms with Crippen LogP contribution in [0.1, 0.15) is 48.0 Å². The van der Waals surface area contributed by atoms with Crippen molar-refractivity contribution in [3.63, 3.8) is 0 Å². The highest BCUT2D eigenvalue weighted by atomic mass is 32.1. The Bertz CT molecular complexity index is 1680. The number of carbonyl (C=O) groups is 4. The molecule has 4 aromatic rings. The lowest BCUT2D eigenvalue weighted by atomic mass is 9.96. The topological polar surface area (TPSA) is 171 Å². The fraction of sp³-hybridized carbons (Fsp3) is 0.314. The molecule has 2 heterocycles. The third kappa shape index (κ3) is 9.38. The summed E-state index contributed by atoms with van der Waals surface area (Å²) in [5, 5.41) is 34.8. The van der Waals surface area contributed by atoms with E-state index in [9.17, 15) is 19.2 Å². The summed E-state index contributed by atoms with van der Waals surface area (Å²) >= 11 is 1.63. The highest BCUT2D eigenvalue weighted by molar-refractivity contribution is 7.22. The first-order valence-electron chi connectivity index (χ1n) is 15.1. The lowest BCUT2D eigenvalue weighted by Crippen LogP contribution is -2.42. The lowest BCUT2D eigenvalue weighted by Gasteiger charge is -2.26. The molecule has 248 valence electrons. The number of hydrogen-bond donors (Lipinski definition) is 4. The predicted octanol–water partition coefficient (Wildman–Crippen LogP) is 5.42. The van der Waals surface area contributed by atoms with E-state index < -0.39 is 36.4 Å². The number of hydrogen-bond acceptors (Lipinski definition) is 9. The number of fused-ring (bicyclic) bond motifs is 1. The van der Waals surface area contributed by atoms with Crippen molar-refractivity contribution in [3.8, 4) is 21.9 Å². The summed E-state index contributed by atoms with van der Waals surface area (Å²) in [7, 11) is 1.66. The zero-order valence-electron chi connectivity index (χ0n) is 25.9. The van der Waals surface area contributed by atoms with Gasteiger partial charge in [-0.2, -0.15) is 0 Å². The van der Waals surface area contributed by atoms with Gasteiger partial charge in [-0.1, -0.05) is 36.8 Å². The number of piperidine rings is 1. The Morgan fingerprint density at radius 3 is 2.02 bits per heavy atom. The van der Waals surface area contributed by atoms with Crippen LogP contribution in [0.2, 0.25) is 0 Å². The summed E-state index contributed by atoms with van der Waals surface area (Å²) in [4.78, 5) is 47.7. The third-order valence-corrected chi connectivity index (χ3v) is 8.89. The summed E-state index contributed by atoms with van der Waals surface area (Å²) in [6.07, 6.45) is 1.62. The van der Waals surface area contributed by atoms with Crippen LogP contribution in [-0.2, 0) is 14.4 Å². The van der Waals surface area contributed by atoms with Crippen LogP contribution in [0.5, 0.6) is 11.5 Å². The number of methoxy groups -OCH3 is 1. The average molecular weight is 664 g/mol. The molecule has 3 aromatic carbocycles. The Morgan fingerprint density at radius 1 is 0.830 bits per heavy atom. The van der Waals surface area contributed by atoms with E-state index in [4.69, 9.17) is 29.9 Å². The first-order chi connectivity index (χ1) is 22.5. The van der Waals surface area contributed by atoms with Gasteiger partial charge in [0.05, 0.1) is 20.0 Å². The Kier molecular flexibility index (Phi) is 12.1. The fourth-order valence-corrected chi connectivity index (χ4v) is 6.49. The van der Waals surface area contributed by atoms with E-state index in [1.807, 2.05) is 60.7 Å². The normalized spacial score (nSPS) is 13.3. The van der Waals surface area contributed by atoms with Crippen molar-refractivity contribution in [2.45, 2.75) is 37.7 Å². The Hall–Kier alpha value is -4.78. The number of benzene rings is 3. The predicted molar refractivity (Wildman–Crippen MR) is 177 cm³/mol. The van der Waals surface area contributed by atoms with E-state index in [0.717, 1.165) is 44.1 Å². The molecule has 1 saturated heterocycles. The van der Waals surface area contributed by atoms with E-state index in [1.54, 1.807) is 18.4 Å². The minimum atomic E-state index is -2.74. The highest BCUT2D eigenvalue weighted by Gasteiger charge is 2.40. The van der Waals surface area contributed by atoms with Gasteiger partial charge in [-0.05, 0) is 74.0 Å². The van der Waals surface area contributed by atoms with E-state index in [2.05, 4.69) is 17.0 Å². The quantitative estimate of drug-likeness (QED) is 0.135. The molecule has 1 aliphatic heterocycles. The molecule has 0 unspecified atom stereocenters. The van der Waals surface area contributed by atoms with Crippen molar-refractivity contribution in [2.24, 2.45) is 0 Å². The summed E-state index contributed by atoms with van der Waals surface area (Å²) in [6, 6.07) is 23.6. The largest absolute Gasteiger partial charge is 0.497 e. The van der Waals surface area contributed by atoms with Crippen molar-refractivity contribution >= 4 is 45.1 Å². The van der Waals surface area contributed by atoms with Crippen molar-refractivity contribution in [3.05, 3.63) is 83.9 Å². The molecule has 12 heteroatoms. The van der Waals surface area contributed by atoms with Gasteiger partial charge in [0.25, 0.3) is 0 Å². The van der Waals surface area contributed by atoms with Gasteiger partial charge in [0.1, 0.15) is 18.1 Å². The number of nitrogens with zero attached hydrogens (tertiary/aromatic N) is 1. The van der Waals surface area contributed by atoms with E-state index in [1.165, 1.54) is 32.4 Å². The molecule has 0 aliphatic carbocycles. The van der Waals surface area contributed by atoms with E-state index >= 15 is 0 Å². The van der Waals surface area contributed by atoms with Crippen molar-refractivity contribution in [1.82, 2.24) is 4.90 Å². The number of carboxylic acids is 3. The van der Waals surface area contributed by atoms with Gasteiger partial charge in [-0.3, -0.25) is 19.3 Å². The Morgan fingerprint density at radius 2 is 1.45 bits per heavy atom. The maximum atomic E-state index is 13.7. The van der Waals surface area contributed by atoms with Crippen LogP contribution in [0, 0.1) is 0 Å².